The third kappa shape index (κ3) is 7.36. The van der Waals surface area contributed by atoms with Gasteiger partial charge >= 0.3 is 16.2 Å². The summed E-state index contributed by atoms with van der Waals surface area (Å²) in [7, 11) is -0.889. The van der Waals surface area contributed by atoms with Crippen molar-refractivity contribution in [3.63, 3.8) is 0 Å². The molecule has 4 aliphatic rings. The van der Waals surface area contributed by atoms with Gasteiger partial charge in [-0.05, 0) is 79.5 Å². The Morgan fingerprint density at radius 2 is 1.79 bits per heavy atom. The number of aryl methyl sites for hydroxylation is 1. The van der Waals surface area contributed by atoms with Crippen LogP contribution in [-0.4, -0.2) is 102 Å². The largest absolute Gasteiger partial charge is 0.453 e. The summed E-state index contributed by atoms with van der Waals surface area (Å²) in [5.74, 6) is -1.22. The van der Waals surface area contributed by atoms with Crippen LogP contribution in [0.4, 0.5) is 30.8 Å². The number of imide groups is 1. The predicted molar refractivity (Wildman–Crippen MR) is 226 cm³/mol. The second-order valence-corrected chi connectivity index (χ2v) is 18.6. The number of aromatic nitrogens is 4. The van der Waals surface area contributed by atoms with Crippen molar-refractivity contribution in [2.24, 2.45) is 18.4 Å². The molecule has 2 N–H and O–H groups in total. The molecule has 5 heterocycles. The van der Waals surface area contributed by atoms with Gasteiger partial charge in [-0.2, -0.15) is 23.1 Å². The highest BCUT2D eigenvalue weighted by Crippen LogP contribution is 2.54. The minimum absolute atomic E-state index is 0.0353. The zero-order valence-electron chi connectivity index (χ0n) is 34.4. The minimum Gasteiger partial charge on any atom is -0.453 e. The number of ether oxygens (including phenoxy) is 1. The number of carbonyl (C=O) groups excluding carboxylic acids is 2. The van der Waals surface area contributed by atoms with Crippen LogP contribution in [0.3, 0.4) is 0 Å². The smallest absolute Gasteiger partial charge is 0.329 e. The molecule has 0 bridgehead atoms. The molecule has 2 aromatic heterocycles. The molecular formula is C42H45F2N11O6S. The maximum atomic E-state index is 15.7. The Hall–Kier alpha value is -6.17. The summed E-state index contributed by atoms with van der Waals surface area (Å²) < 4.78 is 68.5. The lowest BCUT2D eigenvalue weighted by atomic mass is 9.60. The molecule has 20 heteroatoms. The summed E-state index contributed by atoms with van der Waals surface area (Å²) in [6, 6.07) is 11.2. The lowest BCUT2D eigenvalue weighted by molar-refractivity contribution is -0.120. The number of hydrogen-bond donors (Lipinski definition) is 2. The molecule has 0 radical (unpaired) electrons. The van der Waals surface area contributed by atoms with E-state index in [0.717, 1.165) is 61.8 Å². The predicted octanol–water partition coefficient (Wildman–Crippen LogP) is 4.83. The van der Waals surface area contributed by atoms with Crippen LogP contribution in [0, 0.1) is 34.3 Å². The van der Waals surface area contributed by atoms with Crippen LogP contribution in [0.1, 0.15) is 50.6 Å². The molecule has 0 unspecified atom stereocenters. The van der Waals surface area contributed by atoms with Gasteiger partial charge in [-0.25, -0.2) is 18.6 Å². The molecule has 5 aromatic rings. The van der Waals surface area contributed by atoms with Crippen molar-refractivity contribution < 1.29 is 31.5 Å². The topological polar surface area (TPSA) is 191 Å². The maximum absolute atomic E-state index is 15.7. The van der Waals surface area contributed by atoms with E-state index in [1.54, 1.807) is 41.7 Å². The highest BCUT2D eigenvalue weighted by molar-refractivity contribution is 7.90. The number of carbonyl (C=O) groups is 2. The van der Waals surface area contributed by atoms with Gasteiger partial charge in [0.25, 0.3) is 5.56 Å². The zero-order valence-corrected chi connectivity index (χ0v) is 35.2. The quantitative estimate of drug-likeness (QED) is 0.185. The van der Waals surface area contributed by atoms with E-state index in [-0.39, 0.29) is 70.6 Å². The number of hydrogen-bond acceptors (Lipinski definition) is 11. The van der Waals surface area contributed by atoms with Gasteiger partial charge in [0.15, 0.2) is 17.4 Å². The van der Waals surface area contributed by atoms with Crippen molar-refractivity contribution in [1.82, 2.24) is 33.9 Å². The molecule has 3 aromatic carbocycles. The lowest BCUT2D eigenvalue weighted by Gasteiger charge is -2.60. The third-order valence-corrected chi connectivity index (χ3v) is 14.4. The molecular weight excluding hydrogens is 825 g/mol. The number of nitrogens with zero attached hydrogens (tertiary/aromatic N) is 9. The fourth-order valence-electron chi connectivity index (χ4n) is 9.40. The Labute approximate surface area is 355 Å². The van der Waals surface area contributed by atoms with E-state index in [1.807, 2.05) is 6.07 Å². The van der Waals surface area contributed by atoms with Crippen LogP contribution < -0.4 is 30.1 Å². The summed E-state index contributed by atoms with van der Waals surface area (Å²) >= 11 is 0. The van der Waals surface area contributed by atoms with E-state index in [4.69, 9.17) is 4.74 Å². The lowest BCUT2D eigenvalue weighted by Crippen LogP contribution is -2.63. The first-order chi connectivity index (χ1) is 29.7. The first-order valence-corrected chi connectivity index (χ1v) is 22.0. The Kier molecular flexibility index (Phi) is 10.4. The summed E-state index contributed by atoms with van der Waals surface area (Å²) in [4.78, 5) is 48.4. The van der Waals surface area contributed by atoms with Gasteiger partial charge in [0.2, 0.25) is 5.91 Å². The fourth-order valence-corrected chi connectivity index (χ4v) is 10.3. The molecule has 62 heavy (non-hydrogen) atoms. The van der Waals surface area contributed by atoms with E-state index in [0.29, 0.717) is 46.9 Å². The normalized spacial score (nSPS) is 18.6. The Morgan fingerprint density at radius 3 is 2.50 bits per heavy atom. The van der Waals surface area contributed by atoms with Gasteiger partial charge in [-0.1, -0.05) is 6.92 Å². The van der Waals surface area contributed by atoms with Crippen molar-refractivity contribution in [3.05, 3.63) is 76.3 Å². The third-order valence-electron chi connectivity index (χ3n) is 12.8. The average Bonchev–Trinajstić information content (AvgIpc) is 3.53. The number of halogens is 2. The second-order valence-electron chi connectivity index (χ2n) is 16.9. The number of nitriles is 1. The van der Waals surface area contributed by atoms with Crippen LogP contribution in [-0.2, 0) is 22.1 Å². The summed E-state index contributed by atoms with van der Waals surface area (Å²) in [5.41, 5.74) is 0.993. The van der Waals surface area contributed by atoms with Gasteiger partial charge in [0, 0.05) is 77.8 Å². The van der Waals surface area contributed by atoms with E-state index in [9.17, 15) is 28.1 Å². The first-order valence-electron chi connectivity index (χ1n) is 20.6. The van der Waals surface area contributed by atoms with Crippen molar-refractivity contribution in [2.45, 2.75) is 45.1 Å². The highest BCUT2D eigenvalue weighted by Gasteiger charge is 2.53. The molecule has 3 amide bonds. The number of likely N-dealkylation sites (tertiary alicyclic amines) is 1. The summed E-state index contributed by atoms with van der Waals surface area (Å²) in [6.07, 6.45) is 5.20. The Balaban J connectivity index is 0.803. The molecule has 3 saturated heterocycles. The number of anilines is 3. The van der Waals surface area contributed by atoms with Crippen molar-refractivity contribution in [2.75, 3.05) is 67.4 Å². The fraction of sp³-hybridized carbons (Fsp3) is 0.429. The molecule has 17 nitrogen and oxygen atoms in total. The molecule has 1 aliphatic carbocycles. The monoisotopic (exact) mass is 869 g/mol. The standard InChI is InChI=1S/C42H45F2N11O6S/c1-4-50(2)62(59,60)49-34-8-6-31(43)38(30(34)20-45)61-27-5-7-33-28(15-27)40(57)55(24-46-33)26-18-42(19-26)22-52(23-42)21-25-9-12-53(13-10-25)36-17-35-29(16-32(36)44)39(48-51(35)3)54-14-11-37(56)47-41(54)58/h5-8,15-17,24-26,49H,4,9-14,18-19,21-23H2,1-3H3,(H,47,56,58). The van der Waals surface area contributed by atoms with Gasteiger partial charge in [-0.15, -0.1) is 0 Å². The molecule has 1 spiro atoms. The zero-order chi connectivity index (χ0) is 43.7. The van der Waals surface area contributed by atoms with E-state index >= 15 is 8.78 Å². The molecule has 3 aliphatic heterocycles. The number of nitrogens with one attached hydrogen (secondary N) is 2. The number of piperidine rings is 1. The number of fused-ring (bicyclic) bond motifs is 2. The second kappa shape index (κ2) is 15.6. The van der Waals surface area contributed by atoms with Gasteiger partial charge in [0.05, 0.1) is 34.1 Å². The van der Waals surface area contributed by atoms with Crippen LogP contribution in [0.15, 0.2) is 53.6 Å². The van der Waals surface area contributed by atoms with Crippen LogP contribution in [0.25, 0.3) is 21.8 Å². The Morgan fingerprint density at radius 1 is 1.03 bits per heavy atom. The van der Waals surface area contributed by atoms with Gasteiger partial charge in [-0.3, -0.25) is 33.8 Å². The van der Waals surface area contributed by atoms with Crippen LogP contribution >= 0.6 is 0 Å². The number of rotatable bonds is 11. The molecule has 1 saturated carbocycles. The van der Waals surface area contributed by atoms with Crippen molar-refractivity contribution in [1.29, 1.82) is 5.26 Å². The average molecular weight is 870 g/mol. The van der Waals surface area contributed by atoms with Gasteiger partial charge in [0.1, 0.15) is 23.2 Å². The van der Waals surface area contributed by atoms with E-state index < -0.39 is 27.8 Å². The van der Waals surface area contributed by atoms with E-state index in [2.05, 4.69) is 29.9 Å². The first kappa shape index (κ1) is 41.2. The SMILES string of the molecule is CCN(C)S(=O)(=O)Nc1ccc(F)c(Oc2ccc3ncn(C4CC5(C4)CN(CC4CCN(c6cc7c(cc6F)c(N6CCC(=O)NC6=O)nn7C)CC4)C5)c(=O)c3c2)c1C#N. The number of benzene rings is 3. The molecule has 4 fully saturated rings. The summed E-state index contributed by atoms with van der Waals surface area (Å²) in [6.45, 7) is 6.23. The van der Waals surface area contributed by atoms with Crippen LogP contribution in [0.2, 0.25) is 0 Å². The van der Waals surface area contributed by atoms with Crippen molar-refractivity contribution in [3.8, 4) is 17.6 Å². The Bertz CT molecular complexity index is 2860. The maximum Gasteiger partial charge on any atom is 0.329 e. The highest BCUT2D eigenvalue weighted by atomic mass is 32.2. The van der Waals surface area contributed by atoms with Crippen LogP contribution in [0.5, 0.6) is 11.5 Å². The van der Waals surface area contributed by atoms with E-state index in [1.165, 1.54) is 30.1 Å². The minimum atomic E-state index is -4.01. The molecule has 9 rings (SSSR count). The number of amides is 3. The molecule has 0 atom stereocenters. The van der Waals surface area contributed by atoms with Crippen molar-refractivity contribution >= 4 is 61.1 Å². The summed E-state index contributed by atoms with van der Waals surface area (Å²) in [5, 5.41) is 17.5. The number of urea groups is 1. The van der Waals surface area contributed by atoms with Gasteiger partial charge < -0.3 is 14.5 Å². The molecule has 324 valence electrons.